The summed E-state index contributed by atoms with van der Waals surface area (Å²) in [6.07, 6.45) is 1.59. The summed E-state index contributed by atoms with van der Waals surface area (Å²) in [4.78, 5) is 12.4. The molecule has 0 aliphatic heterocycles. The predicted octanol–water partition coefficient (Wildman–Crippen LogP) is 4.15. The molecule has 0 fully saturated rings. The number of aromatic nitrogens is 4. The monoisotopic (exact) mass is 395 g/mol. The molecule has 0 spiro atoms. The number of rotatable bonds is 5. The lowest BCUT2D eigenvalue weighted by Crippen LogP contribution is -2.14. The summed E-state index contributed by atoms with van der Waals surface area (Å²) in [5.41, 5.74) is 1.68. The first-order valence-corrected chi connectivity index (χ1v) is 8.65. The number of hydrogen-bond acceptors (Lipinski definition) is 3. The van der Waals surface area contributed by atoms with Gasteiger partial charge in [-0.1, -0.05) is 29.3 Å². The molecule has 3 aromatic rings. The second kappa shape index (κ2) is 7.47. The number of nitrogens with zero attached hydrogens (tertiary/aromatic N) is 4. The van der Waals surface area contributed by atoms with E-state index in [1.807, 2.05) is 13.8 Å². The number of nitrogens with one attached hydrogen (secondary N) is 1. The fraction of sp³-hybridized carbons (Fsp3) is 0.235. The first-order chi connectivity index (χ1) is 12.4. The highest BCUT2D eigenvalue weighted by Gasteiger charge is 2.17. The number of halogens is 3. The summed E-state index contributed by atoms with van der Waals surface area (Å²) >= 11 is 12.1. The van der Waals surface area contributed by atoms with Gasteiger partial charge >= 0.3 is 0 Å². The Morgan fingerprint density at radius 1 is 1.23 bits per heavy atom. The van der Waals surface area contributed by atoms with E-state index in [0.717, 1.165) is 11.3 Å². The highest BCUT2D eigenvalue weighted by molar-refractivity contribution is 6.34. The fourth-order valence-corrected chi connectivity index (χ4v) is 2.89. The minimum Gasteiger partial charge on any atom is -0.304 e. The maximum Gasteiger partial charge on any atom is 0.278 e. The summed E-state index contributed by atoms with van der Waals surface area (Å²) in [5.74, 6) is -0.466. The van der Waals surface area contributed by atoms with Crippen LogP contribution in [0.2, 0.25) is 10.0 Å². The summed E-state index contributed by atoms with van der Waals surface area (Å²) < 4.78 is 16.4. The first kappa shape index (κ1) is 18.4. The van der Waals surface area contributed by atoms with E-state index in [1.54, 1.807) is 27.7 Å². The van der Waals surface area contributed by atoms with Crippen LogP contribution in [0, 0.1) is 12.7 Å². The van der Waals surface area contributed by atoms with Crippen molar-refractivity contribution in [1.29, 1.82) is 0 Å². The average molecular weight is 396 g/mol. The average Bonchev–Trinajstić information content (AvgIpc) is 3.12. The van der Waals surface area contributed by atoms with E-state index in [0.29, 0.717) is 23.9 Å². The highest BCUT2D eigenvalue weighted by atomic mass is 35.5. The molecule has 1 aromatic carbocycles. The molecule has 3 rings (SSSR count). The molecule has 136 valence electrons. The SMILES string of the molecule is CCn1cc(Cl)c(C(=O)Nc2cc(C)n(Cc3ccc(F)cc3Cl)n2)n1. The Kier molecular flexibility index (Phi) is 5.29. The maximum atomic E-state index is 13.2. The van der Waals surface area contributed by atoms with Gasteiger partial charge in [0.1, 0.15) is 5.82 Å². The number of hydrogen-bond donors (Lipinski definition) is 1. The third-order valence-electron chi connectivity index (χ3n) is 3.81. The van der Waals surface area contributed by atoms with Crippen molar-refractivity contribution in [3.63, 3.8) is 0 Å². The molecule has 0 bridgehead atoms. The van der Waals surface area contributed by atoms with Crippen LogP contribution in [0.1, 0.15) is 28.7 Å². The van der Waals surface area contributed by atoms with Gasteiger partial charge < -0.3 is 5.32 Å². The largest absolute Gasteiger partial charge is 0.304 e. The Labute approximate surface area is 159 Å². The maximum absolute atomic E-state index is 13.2. The van der Waals surface area contributed by atoms with E-state index >= 15 is 0 Å². The minimum atomic E-state index is -0.438. The molecule has 0 radical (unpaired) electrons. The van der Waals surface area contributed by atoms with Crippen molar-refractivity contribution >= 4 is 34.9 Å². The third kappa shape index (κ3) is 3.89. The highest BCUT2D eigenvalue weighted by Crippen LogP contribution is 2.20. The zero-order valence-electron chi connectivity index (χ0n) is 14.1. The number of anilines is 1. The van der Waals surface area contributed by atoms with Crippen LogP contribution in [0.15, 0.2) is 30.5 Å². The van der Waals surface area contributed by atoms with Gasteiger partial charge in [-0.15, -0.1) is 0 Å². The molecule has 26 heavy (non-hydrogen) atoms. The van der Waals surface area contributed by atoms with E-state index in [9.17, 15) is 9.18 Å². The van der Waals surface area contributed by atoms with Crippen molar-refractivity contribution in [2.75, 3.05) is 5.32 Å². The Morgan fingerprint density at radius 2 is 2.00 bits per heavy atom. The van der Waals surface area contributed by atoms with Crippen molar-refractivity contribution in [3.8, 4) is 0 Å². The zero-order valence-corrected chi connectivity index (χ0v) is 15.6. The van der Waals surface area contributed by atoms with Gasteiger partial charge in [-0.3, -0.25) is 14.2 Å². The van der Waals surface area contributed by atoms with E-state index in [1.165, 1.54) is 12.1 Å². The fourth-order valence-electron chi connectivity index (χ4n) is 2.43. The molecular formula is C17H16Cl2FN5O. The molecule has 1 N–H and O–H groups in total. The molecule has 9 heteroatoms. The lowest BCUT2D eigenvalue weighted by Gasteiger charge is -2.06. The molecule has 2 heterocycles. The molecule has 0 unspecified atom stereocenters. The molecule has 0 aliphatic rings. The first-order valence-electron chi connectivity index (χ1n) is 7.90. The van der Waals surface area contributed by atoms with Crippen LogP contribution in [-0.4, -0.2) is 25.5 Å². The van der Waals surface area contributed by atoms with Gasteiger partial charge in [0, 0.05) is 29.5 Å². The molecule has 0 atom stereocenters. The molecular weight excluding hydrogens is 380 g/mol. The van der Waals surface area contributed by atoms with E-state index in [2.05, 4.69) is 15.5 Å². The van der Waals surface area contributed by atoms with Gasteiger partial charge in [0.25, 0.3) is 5.91 Å². The van der Waals surface area contributed by atoms with Crippen LogP contribution in [0.5, 0.6) is 0 Å². The summed E-state index contributed by atoms with van der Waals surface area (Å²) in [6, 6.07) is 5.92. The lowest BCUT2D eigenvalue weighted by atomic mass is 10.2. The normalized spacial score (nSPS) is 11.0. The Balaban J connectivity index is 1.77. The van der Waals surface area contributed by atoms with E-state index in [4.69, 9.17) is 23.2 Å². The number of aryl methyl sites for hydroxylation is 2. The van der Waals surface area contributed by atoms with Crippen molar-refractivity contribution < 1.29 is 9.18 Å². The molecule has 0 aliphatic carbocycles. The summed E-state index contributed by atoms with van der Waals surface area (Å²) in [6.45, 7) is 4.71. The van der Waals surface area contributed by atoms with Crippen LogP contribution in [0.25, 0.3) is 0 Å². The number of amides is 1. The van der Waals surface area contributed by atoms with Crippen LogP contribution in [0.4, 0.5) is 10.2 Å². The smallest absolute Gasteiger partial charge is 0.278 e. The van der Waals surface area contributed by atoms with Gasteiger partial charge in [-0.25, -0.2) is 4.39 Å². The van der Waals surface area contributed by atoms with Gasteiger partial charge in [0.15, 0.2) is 11.5 Å². The Bertz CT molecular complexity index is 966. The van der Waals surface area contributed by atoms with Gasteiger partial charge in [-0.05, 0) is 31.5 Å². The molecule has 0 saturated carbocycles. The van der Waals surface area contributed by atoms with Crippen LogP contribution < -0.4 is 5.32 Å². The van der Waals surface area contributed by atoms with Crippen molar-refractivity contribution in [1.82, 2.24) is 19.6 Å². The third-order valence-corrected chi connectivity index (χ3v) is 4.44. The van der Waals surface area contributed by atoms with E-state index in [-0.39, 0.29) is 10.7 Å². The molecule has 1 amide bonds. The second-order valence-electron chi connectivity index (χ2n) is 5.70. The quantitative estimate of drug-likeness (QED) is 0.705. The van der Waals surface area contributed by atoms with E-state index < -0.39 is 11.7 Å². The Hall–Kier alpha value is -2.38. The number of benzene rings is 1. The van der Waals surface area contributed by atoms with Gasteiger partial charge in [-0.2, -0.15) is 10.2 Å². The molecule has 0 saturated heterocycles. The topological polar surface area (TPSA) is 64.7 Å². The zero-order chi connectivity index (χ0) is 18.8. The van der Waals surface area contributed by atoms with Crippen molar-refractivity contribution in [2.24, 2.45) is 0 Å². The minimum absolute atomic E-state index is 0.141. The standard InChI is InChI=1S/C17H16Cl2FN5O/c1-3-24-9-14(19)16(23-24)17(26)21-15-6-10(2)25(22-15)8-11-4-5-12(20)7-13(11)18/h4-7,9H,3,8H2,1-2H3,(H,21,22,26). The Morgan fingerprint density at radius 3 is 2.65 bits per heavy atom. The van der Waals surface area contributed by atoms with Crippen LogP contribution >= 0.6 is 23.2 Å². The van der Waals surface area contributed by atoms with Gasteiger partial charge in [0.05, 0.1) is 11.6 Å². The van der Waals surface area contributed by atoms with Crippen molar-refractivity contribution in [2.45, 2.75) is 26.9 Å². The summed E-state index contributed by atoms with van der Waals surface area (Å²) in [7, 11) is 0. The van der Waals surface area contributed by atoms with Crippen LogP contribution in [0.3, 0.4) is 0 Å². The van der Waals surface area contributed by atoms with Crippen LogP contribution in [-0.2, 0) is 13.1 Å². The second-order valence-corrected chi connectivity index (χ2v) is 6.51. The number of carbonyl (C=O) groups is 1. The predicted molar refractivity (Wildman–Crippen MR) is 98.3 cm³/mol. The molecule has 6 nitrogen and oxygen atoms in total. The molecule has 2 aromatic heterocycles. The van der Waals surface area contributed by atoms with Gasteiger partial charge in [0.2, 0.25) is 0 Å². The number of carbonyl (C=O) groups excluding carboxylic acids is 1. The lowest BCUT2D eigenvalue weighted by molar-refractivity contribution is 0.102. The van der Waals surface area contributed by atoms with Crippen molar-refractivity contribution in [3.05, 3.63) is 63.3 Å². The summed E-state index contributed by atoms with van der Waals surface area (Å²) in [5, 5.41) is 11.8.